The number of nitrogens with one attached hydrogen (secondary N) is 1. The Morgan fingerprint density at radius 3 is 3.00 bits per heavy atom. The van der Waals surface area contributed by atoms with E-state index in [1.807, 2.05) is 6.07 Å². The topological polar surface area (TPSA) is 78.5 Å². The molecule has 1 aromatic heterocycles. The van der Waals surface area contributed by atoms with Crippen LogP contribution in [0.1, 0.15) is 11.3 Å². The number of nitriles is 1. The molecule has 12 heavy (non-hydrogen) atoms. The lowest BCUT2D eigenvalue weighted by Gasteiger charge is -1.81. The molecule has 0 unspecified atom stereocenters. The van der Waals surface area contributed by atoms with Crippen LogP contribution in [0, 0.1) is 23.2 Å². The van der Waals surface area contributed by atoms with Crippen molar-refractivity contribution in [1.29, 1.82) is 5.26 Å². The molecular formula is C7H5BrN4. The summed E-state index contributed by atoms with van der Waals surface area (Å²) in [5.74, 6) is 5.65. The van der Waals surface area contributed by atoms with Gasteiger partial charge in [-0.1, -0.05) is 21.9 Å². The Labute approximate surface area is 77.9 Å². The van der Waals surface area contributed by atoms with Crippen LogP contribution in [0.5, 0.6) is 0 Å². The maximum absolute atomic E-state index is 8.62. The average Bonchev–Trinajstić information content (AvgIpc) is 2.43. The highest BCUT2D eigenvalue weighted by Gasteiger charge is 2.06. The maximum Gasteiger partial charge on any atom is 0.164 e. The van der Waals surface area contributed by atoms with Crippen LogP contribution < -0.4 is 5.73 Å². The van der Waals surface area contributed by atoms with Gasteiger partial charge in [0.15, 0.2) is 5.82 Å². The van der Waals surface area contributed by atoms with Gasteiger partial charge in [0, 0.05) is 0 Å². The quantitative estimate of drug-likeness (QED) is 0.501. The zero-order valence-corrected chi connectivity index (χ0v) is 7.64. The molecule has 0 aromatic carbocycles. The van der Waals surface area contributed by atoms with Gasteiger partial charge in [-0.2, -0.15) is 10.4 Å². The molecule has 0 saturated heterocycles. The first-order valence-corrected chi connectivity index (χ1v) is 4.20. The van der Waals surface area contributed by atoms with Crippen molar-refractivity contribution in [3.8, 4) is 17.9 Å². The number of aromatic nitrogens is 2. The van der Waals surface area contributed by atoms with Gasteiger partial charge in [0.05, 0.1) is 5.33 Å². The summed E-state index contributed by atoms with van der Waals surface area (Å²) in [6.45, 7) is 0. The van der Waals surface area contributed by atoms with E-state index in [4.69, 9.17) is 11.0 Å². The van der Waals surface area contributed by atoms with E-state index in [1.54, 1.807) is 0 Å². The Bertz CT molecular complexity index is 376. The molecule has 0 aliphatic heterocycles. The van der Waals surface area contributed by atoms with Gasteiger partial charge < -0.3 is 5.73 Å². The first-order chi connectivity index (χ1) is 5.79. The highest BCUT2D eigenvalue weighted by molar-refractivity contribution is 9.09. The van der Waals surface area contributed by atoms with Gasteiger partial charge in [0.1, 0.15) is 17.3 Å². The molecule has 0 radical (unpaired) electrons. The van der Waals surface area contributed by atoms with Crippen LogP contribution in [0.2, 0.25) is 0 Å². The fourth-order valence-electron chi connectivity index (χ4n) is 0.681. The van der Waals surface area contributed by atoms with Gasteiger partial charge >= 0.3 is 0 Å². The third-order valence-corrected chi connectivity index (χ3v) is 1.47. The lowest BCUT2D eigenvalue weighted by Crippen LogP contribution is -1.87. The molecule has 0 aliphatic rings. The Morgan fingerprint density at radius 2 is 2.42 bits per heavy atom. The summed E-state index contributed by atoms with van der Waals surface area (Å²) in [7, 11) is 0. The Hall–Kier alpha value is -1.46. The molecule has 4 nitrogen and oxygen atoms in total. The number of hydrogen-bond acceptors (Lipinski definition) is 3. The molecule has 60 valence electrons. The zero-order chi connectivity index (χ0) is 8.97. The van der Waals surface area contributed by atoms with Crippen LogP contribution in [-0.2, 0) is 0 Å². The highest BCUT2D eigenvalue weighted by Crippen LogP contribution is 2.09. The first kappa shape index (κ1) is 8.63. The second kappa shape index (κ2) is 3.80. The molecule has 0 saturated carbocycles. The average molecular weight is 225 g/mol. The minimum atomic E-state index is 0.191. The Balaban J connectivity index is 3.10. The maximum atomic E-state index is 8.62. The summed E-state index contributed by atoms with van der Waals surface area (Å²) in [5.41, 5.74) is 6.16. The predicted molar refractivity (Wildman–Crippen MR) is 48.4 cm³/mol. The van der Waals surface area contributed by atoms with Gasteiger partial charge in [-0.3, -0.25) is 5.10 Å². The number of anilines is 1. The molecule has 5 heteroatoms. The van der Waals surface area contributed by atoms with E-state index < -0.39 is 0 Å². The molecule has 0 spiro atoms. The van der Waals surface area contributed by atoms with Crippen LogP contribution >= 0.6 is 15.9 Å². The van der Waals surface area contributed by atoms with Crippen molar-refractivity contribution in [2.24, 2.45) is 0 Å². The number of H-pyrrole nitrogens is 1. The minimum absolute atomic E-state index is 0.191. The van der Waals surface area contributed by atoms with Crippen LogP contribution in [0.15, 0.2) is 0 Å². The molecule has 0 amide bonds. The highest BCUT2D eigenvalue weighted by atomic mass is 79.9. The van der Waals surface area contributed by atoms with Crippen molar-refractivity contribution in [3.05, 3.63) is 11.3 Å². The van der Waals surface area contributed by atoms with Gasteiger partial charge in [-0.25, -0.2) is 0 Å². The number of nitrogens with zero attached hydrogens (tertiary/aromatic N) is 2. The van der Waals surface area contributed by atoms with E-state index in [0.29, 0.717) is 16.6 Å². The smallest absolute Gasteiger partial charge is 0.164 e. The Kier molecular flexibility index (Phi) is 2.73. The second-order valence-corrected chi connectivity index (χ2v) is 2.47. The van der Waals surface area contributed by atoms with Crippen molar-refractivity contribution in [1.82, 2.24) is 10.2 Å². The summed E-state index contributed by atoms with van der Waals surface area (Å²) in [6, 6.07) is 1.92. The van der Waals surface area contributed by atoms with Crippen LogP contribution in [0.4, 0.5) is 5.82 Å². The first-order valence-electron chi connectivity index (χ1n) is 3.08. The summed E-state index contributed by atoms with van der Waals surface area (Å²) in [6.07, 6.45) is 0. The normalized spacial score (nSPS) is 8.33. The second-order valence-electron chi connectivity index (χ2n) is 1.91. The minimum Gasteiger partial charge on any atom is -0.381 e. The lowest BCUT2D eigenvalue weighted by atomic mass is 10.2. The number of nitrogens with two attached hydrogens (primary N) is 1. The summed E-state index contributed by atoms with van der Waals surface area (Å²) >= 11 is 3.14. The van der Waals surface area contributed by atoms with E-state index in [9.17, 15) is 0 Å². The van der Waals surface area contributed by atoms with Crippen molar-refractivity contribution >= 4 is 21.7 Å². The molecule has 1 rings (SSSR count). The standard InChI is InChI=1S/C7H5BrN4/c8-3-1-2-6-5(4-9)7(10)12-11-6/h3H2,(H3,10,11,12). The molecular weight excluding hydrogens is 220 g/mol. The van der Waals surface area contributed by atoms with Crippen molar-refractivity contribution < 1.29 is 0 Å². The largest absolute Gasteiger partial charge is 0.381 e. The van der Waals surface area contributed by atoms with Gasteiger partial charge in [0.25, 0.3) is 0 Å². The van der Waals surface area contributed by atoms with E-state index in [-0.39, 0.29) is 5.82 Å². The van der Waals surface area contributed by atoms with E-state index in [2.05, 4.69) is 38.0 Å². The summed E-state index contributed by atoms with van der Waals surface area (Å²) in [5, 5.41) is 15.4. The van der Waals surface area contributed by atoms with Crippen LogP contribution in [-0.4, -0.2) is 15.5 Å². The number of alkyl halides is 1. The van der Waals surface area contributed by atoms with Crippen LogP contribution in [0.25, 0.3) is 0 Å². The number of nitrogen functional groups attached to an aromatic ring is 1. The molecule has 0 bridgehead atoms. The third kappa shape index (κ3) is 1.58. The number of rotatable bonds is 0. The number of hydrogen-bond donors (Lipinski definition) is 2. The zero-order valence-electron chi connectivity index (χ0n) is 6.06. The fourth-order valence-corrected chi connectivity index (χ4v) is 0.822. The SMILES string of the molecule is N#Cc1c(N)n[nH]c1C#CCBr. The number of halogens is 1. The van der Waals surface area contributed by atoms with Gasteiger partial charge in [-0.15, -0.1) is 0 Å². The van der Waals surface area contributed by atoms with E-state index in [1.165, 1.54) is 0 Å². The van der Waals surface area contributed by atoms with Crippen LogP contribution in [0.3, 0.4) is 0 Å². The van der Waals surface area contributed by atoms with Crippen molar-refractivity contribution in [2.75, 3.05) is 11.1 Å². The fraction of sp³-hybridized carbons (Fsp3) is 0.143. The Morgan fingerprint density at radius 1 is 1.67 bits per heavy atom. The molecule has 1 aromatic rings. The monoisotopic (exact) mass is 224 g/mol. The van der Waals surface area contributed by atoms with Crippen molar-refractivity contribution in [3.63, 3.8) is 0 Å². The van der Waals surface area contributed by atoms with E-state index in [0.717, 1.165) is 0 Å². The third-order valence-electron chi connectivity index (χ3n) is 1.19. The van der Waals surface area contributed by atoms with E-state index >= 15 is 0 Å². The number of aromatic amines is 1. The van der Waals surface area contributed by atoms with Gasteiger partial charge in [0.2, 0.25) is 0 Å². The molecule has 1 heterocycles. The lowest BCUT2D eigenvalue weighted by molar-refractivity contribution is 1.08. The predicted octanol–water partition coefficient (Wildman–Crippen LogP) is 0.610. The molecule has 0 fully saturated rings. The molecule has 0 atom stereocenters. The van der Waals surface area contributed by atoms with Gasteiger partial charge in [-0.05, 0) is 5.92 Å². The molecule has 0 aliphatic carbocycles. The summed E-state index contributed by atoms with van der Waals surface area (Å²) < 4.78 is 0. The molecule has 3 N–H and O–H groups in total. The van der Waals surface area contributed by atoms with Crippen molar-refractivity contribution in [2.45, 2.75) is 0 Å². The summed E-state index contributed by atoms with van der Waals surface area (Å²) in [4.78, 5) is 0.